The van der Waals surface area contributed by atoms with Crippen molar-refractivity contribution in [3.8, 4) is 23.1 Å². The van der Waals surface area contributed by atoms with Crippen molar-refractivity contribution < 1.29 is 32.2 Å². The predicted octanol–water partition coefficient (Wildman–Crippen LogP) is 5.45. The Morgan fingerprint density at radius 3 is 2.52 bits per heavy atom. The predicted molar refractivity (Wildman–Crippen MR) is 119 cm³/mol. The van der Waals surface area contributed by atoms with Crippen LogP contribution in [0.2, 0.25) is 0 Å². The highest BCUT2D eigenvalue weighted by atomic mass is 19.4. The molecule has 0 fully saturated rings. The molecule has 1 heterocycles. The lowest BCUT2D eigenvalue weighted by Crippen LogP contribution is -2.19. The summed E-state index contributed by atoms with van der Waals surface area (Å²) in [5, 5.41) is 3.94. The minimum atomic E-state index is -4.49. The highest BCUT2D eigenvalue weighted by molar-refractivity contribution is 6.00. The number of benzene rings is 2. The molecule has 0 aliphatic carbocycles. The van der Waals surface area contributed by atoms with Crippen LogP contribution in [0.1, 0.15) is 24.5 Å². The second kappa shape index (κ2) is 10.1. The van der Waals surface area contributed by atoms with E-state index < -0.39 is 11.7 Å². The summed E-state index contributed by atoms with van der Waals surface area (Å²) in [7, 11) is 2.97. The molecule has 0 aliphatic rings. The quantitative estimate of drug-likeness (QED) is 0.406. The standard InChI is InChI=1S/C23H26F3N3O4/c1-13-10-19(31-4)29-21-17(28-14(2)8-9-32-27)12-18(30-3)22(20(13)21)33-16-7-5-6-15(11-16)23(24,25)26/h5-7,10-12,14,28H,8-9,27H2,1-4H3. The third-order valence-electron chi connectivity index (χ3n) is 5.06. The molecule has 0 saturated heterocycles. The van der Waals surface area contributed by atoms with Gasteiger partial charge in [0.25, 0.3) is 0 Å². The van der Waals surface area contributed by atoms with Gasteiger partial charge in [-0.05, 0) is 44.0 Å². The average molecular weight is 465 g/mol. The molecule has 0 radical (unpaired) electrons. The minimum absolute atomic E-state index is 0.0221. The van der Waals surface area contributed by atoms with E-state index in [9.17, 15) is 13.2 Å². The van der Waals surface area contributed by atoms with Gasteiger partial charge < -0.3 is 24.4 Å². The van der Waals surface area contributed by atoms with Crippen molar-refractivity contribution in [3.63, 3.8) is 0 Å². The molecule has 33 heavy (non-hydrogen) atoms. The minimum Gasteiger partial charge on any atom is -0.493 e. The van der Waals surface area contributed by atoms with Gasteiger partial charge in [0.15, 0.2) is 11.5 Å². The molecule has 178 valence electrons. The molecule has 7 nitrogen and oxygen atoms in total. The van der Waals surface area contributed by atoms with Crippen LogP contribution in [0.4, 0.5) is 18.9 Å². The fraction of sp³-hybridized carbons (Fsp3) is 0.348. The van der Waals surface area contributed by atoms with Crippen LogP contribution in [0, 0.1) is 6.92 Å². The summed E-state index contributed by atoms with van der Waals surface area (Å²) in [5.74, 6) is 6.12. The third kappa shape index (κ3) is 5.58. The average Bonchev–Trinajstić information content (AvgIpc) is 2.78. The first-order chi connectivity index (χ1) is 15.7. The van der Waals surface area contributed by atoms with Gasteiger partial charge in [-0.15, -0.1) is 0 Å². The number of nitrogens with zero attached hydrogens (tertiary/aromatic N) is 1. The largest absolute Gasteiger partial charge is 0.493 e. The van der Waals surface area contributed by atoms with Gasteiger partial charge >= 0.3 is 6.18 Å². The van der Waals surface area contributed by atoms with E-state index in [0.29, 0.717) is 41.2 Å². The van der Waals surface area contributed by atoms with Crippen LogP contribution in [-0.2, 0) is 11.0 Å². The van der Waals surface area contributed by atoms with E-state index in [2.05, 4.69) is 15.1 Å². The van der Waals surface area contributed by atoms with E-state index in [1.54, 1.807) is 12.1 Å². The number of anilines is 1. The number of nitrogens with one attached hydrogen (secondary N) is 1. The van der Waals surface area contributed by atoms with Crippen molar-refractivity contribution >= 4 is 16.6 Å². The molecule has 3 N–H and O–H groups in total. The number of methoxy groups -OCH3 is 2. The maximum atomic E-state index is 13.2. The Morgan fingerprint density at radius 1 is 1.12 bits per heavy atom. The van der Waals surface area contributed by atoms with Gasteiger partial charge in [-0.1, -0.05) is 6.07 Å². The number of aryl methyl sites for hydroxylation is 1. The second-order valence-electron chi connectivity index (χ2n) is 7.49. The van der Waals surface area contributed by atoms with Gasteiger partial charge in [-0.25, -0.2) is 10.9 Å². The van der Waals surface area contributed by atoms with Gasteiger partial charge in [0.1, 0.15) is 11.3 Å². The summed E-state index contributed by atoms with van der Waals surface area (Å²) < 4.78 is 56.4. The lowest BCUT2D eigenvalue weighted by atomic mass is 10.1. The zero-order valence-corrected chi connectivity index (χ0v) is 18.7. The lowest BCUT2D eigenvalue weighted by Gasteiger charge is -2.21. The molecule has 1 aromatic heterocycles. The van der Waals surface area contributed by atoms with E-state index >= 15 is 0 Å². The van der Waals surface area contributed by atoms with Crippen molar-refractivity contribution in [2.75, 3.05) is 26.1 Å². The lowest BCUT2D eigenvalue weighted by molar-refractivity contribution is -0.137. The molecular weight excluding hydrogens is 439 g/mol. The zero-order valence-electron chi connectivity index (χ0n) is 18.7. The molecule has 1 atom stereocenters. The molecule has 1 unspecified atom stereocenters. The fourth-order valence-corrected chi connectivity index (χ4v) is 3.42. The summed E-state index contributed by atoms with van der Waals surface area (Å²) in [5.41, 5.74) is 1.10. The molecular formula is C23H26F3N3O4. The van der Waals surface area contributed by atoms with Crippen LogP contribution in [0.5, 0.6) is 23.1 Å². The number of halogens is 3. The number of nitrogens with two attached hydrogens (primary N) is 1. The first-order valence-electron chi connectivity index (χ1n) is 10.2. The number of alkyl halides is 3. The van der Waals surface area contributed by atoms with E-state index in [1.807, 2.05) is 13.8 Å². The van der Waals surface area contributed by atoms with Crippen molar-refractivity contribution in [2.45, 2.75) is 32.5 Å². The summed E-state index contributed by atoms with van der Waals surface area (Å²) in [4.78, 5) is 9.22. The number of hydrogen-bond acceptors (Lipinski definition) is 7. The third-order valence-corrected chi connectivity index (χ3v) is 5.06. The molecule has 10 heteroatoms. The Morgan fingerprint density at radius 2 is 1.88 bits per heavy atom. The summed E-state index contributed by atoms with van der Waals surface area (Å²) in [6, 6.07) is 8.06. The number of ether oxygens (including phenoxy) is 3. The van der Waals surface area contributed by atoms with Crippen LogP contribution in [0.3, 0.4) is 0 Å². The molecule has 3 aromatic rings. The monoisotopic (exact) mass is 465 g/mol. The Bertz CT molecular complexity index is 1120. The summed E-state index contributed by atoms with van der Waals surface area (Å²) in [6.07, 6.45) is -3.86. The van der Waals surface area contributed by atoms with Gasteiger partial charge in [0.05, 0.1) is 37.5 Å². The topological polar surface area (TPSA) is 87.9 Å². The van der Waals surface area contributed by atoms with Crippen molar-refractivity contribution in [2.24, 2.45) is 5.90 Å². The maximum Gasteiger partial charge on any atom is 0.416 e. The molecule has 0 aliphatic heterocycles. The smallest absolute Gasteiger partial charge is 0.416 e. The van der Waals surface area contributed by atoms with E-state index in [4.69, 9.17) is 20.1 Å². The summed E-state index contributed by atoms with van der Waals surface area (Å²) in [6.45, 7) is 4.15. The maximum absolute atomic E-state index is 13.2. The van der Waals surface area contributed by atoms with Gasteiger partial charge in [0, 0.05) is 18.2 Å². The van der Waals surface area contributed by atoms with Crippen LogP contribution in [0.15, 0.2) is 36.4 Å². The van der Waals surface area contributed by atoms with Crippen LogP contribution < -0.4 is 25.4 Å². The van der Waals surface area contributed by atoms with Gasteiger partial charge in [-0.3, -0.25) is 0 Å². The number of hydrogen-bond donors (Lipinski definition) is 2. The molecule has 0 saturated carbocycles. The zero-order chi connectivity index (χ0) is 24.2. The molecule has 0 bridgehead atoms. The molecule has 0 spiro atoms. The van der Waals surface area contributed by atoms with Crippen molar-refractivity contribution in [1.82, 2.24) is 4.98 Å². The highest BCUT2D eigenvalue weighted by Gasteiger charge is 2.31. The number of fused-ring (bicyclic) bond motifs is 1. The first kappa shape index (κ1) is 24.4. The number of aromatic nitrogens is 1. The summed E-state index contributed by atoms with van der Waals surface area (Å²) >= 11 is 0. The second-order valence-corrected chi connectivity index (χ2v) is 7.49. The van der Waals surface area contributed by atoms with Crippen LogP contribution in [0.25, 0.3) is 10.9 Å². The van der Waals surface area contributed by atoms with Gasteiger partial charge in [-0.2, -0.15) is 13.2 Å². The van der Waals surface area contributed by atoms with Crippen molar-refractivity contribution in [1.29, 1.82) is 0 Å². The highest BCUT2D eigenvalue weighted by Crippen LogP contribution is 2.45. The van der Waals surface area contributed by atoms with Crippen LogP contribution in [-0.4, -0.2) is 31.9 Å². The SMILES string of the molecule is COc1cc(C)c2c(Oc3cccc(C(F)(F)F)c3)c(OC)cc(NC(C)CCON)c2n1. The van der Waals surface area contributed by atoms with Crippen molar-refractivity contribution in [3.05, 3.63) is 47.5 Å². The Labute approximate surface area is 189 Å². The number of rotatable bonds is 9. The molecule has 2 aromatic carbocycles. The Balaban J connectivity index is 2.16. The van der Waals surface area contributed by atoms with Crippen LogP contribution >= 0.6 is 0 Å². The van der Waals surface area contributed by atoms with E-state index in [-0.39, 0.29) is 17.5 Å². The fourth-order valence-electron chi connectivity index (χ4n) is 3.42. The van der Waals surface area contributed by atoms with E-state index in [0.717, 1.165) is 17.7 Å². The first-order valence-corrected chi connectivity index (χ1v) is 10.2. The van der Waals surface area contributed by atoms with E-state index in [1.165, 1.54) is 26.4 Å². The normalized spacial score (nSPS) is 12.5. The Hall–Kier alpha value is -3.24. The molecule has 3 rings (SSSR count). The van der Waals surface area contributed by atoms with Gasteiger partial charge in [0.2, 0.25) is 5.88 Å². The number of pyridine rings is 1. The Kier molecular flexibility index (Phi) is 7.50. The molecule has 0 amide bonds.